The van der Waals surface area contributed by atoms with E-state index in [0.717, 1.165) is 17.0 Å². The van der Waals surface area contributed by atoms with Crippen molar-refractivity contribution < 1.29 is 4.74 Å². The summed E-state index contributed by atoms with van der Waals surface area (Å²) in [5.74, 6) is 0.806. The van der Waals surface area contributed by atoms with Gasteiger partial charge in [0.2, 0.25) is 0 Å². The summed E-state index contributed by atoms with van der Waals surface area (Å²) in [6.45, 7) is 0. The van der Waals surface area contributed by atoms with Crippen LogP contribution in [0.1, 0.15) is 5.56 Å². The third kappa shape index (κ3) is 2.43. The number of ether oxygens (including phenoxy) is 1. The van der Waals surface area contributed by atoms with Gasteiger partial charge in [-0.3, -0.25) is 0 Å². The predicted octanol–water partition coefficient (Wildman–Crippen LogP) is 2.65. The summed E-state index contributed by atoms with van der Waals surface area (Å²) in [6, 6.07) is 9.68. The minimum atomic E-state index is -0.470. The number of hydrogen-bond acceptors (Lipinski definition) is 3. The van der Waals surface area contributed by atoms with E-state index >= 15 is 0 Å². The lowest BCUT2D eigenvalue weighted by molar-refractivity contribution is 0.415. The first kappa shape index (κ1) is 11.6. The fourth-order valence-electron chi connectivity index (χ4n) is 1.56. The van der Waals surface area contributed by atoms with E-state index in [1.54, 1.807) is 13.2 Å². The molecule has 1 aliphatic rings. The van der Waals surface area contributed by atoms with E-state index in [1.165, 1.54) is 0 Å². The standard InChI is InChI=1S/C13H11ClN2O/c1-17-11-5-2-9(3-6-11)12-7-4-10(8-15)13(14)16-12/h2-7,13,16H,1H3. The molecule has 0 saturated heterocycles. The number of rotatable bonds is 2. The summed E-state index contributed by atoms with van der Waals surface area (Å²) in [7, 11) is 1.63. The molecule has 0 saturated carbocycles. The van der Waals surface area contributed by atoms with Crippen LogP contribution in [-0.2, 0) is 0 Å². The van der Waals surface area contributed by atoms with E-state index in [9.17, 15) is 0 Å². The Morgan fingerprint density at radius 2 is 2.00 bits per heavy atom. The molecule has 4 heteroatoms. The maximum Gasteiger partial charge on any atom is 0.137 e. The van der Waals surface area contributed by atoms with E-state index in [-0.39, 0.29) is 0 Å². The lowest BCUT2D eigenvalue weighted by Gasteiger charge is -2.19. The van der Waals surface area contributed by atoms with Crippen molar-refractivity contribution >= 4 is 17.3 Å². The van der Waals surface area contributed by atoms with Crippen molar-refractivity contribution in [3.63, 3.8) is 0 Å². The van der Waals surface area contributed by atoms with Crippen LogP contribution in [0, 0.1) is 11.3 Å². The first-order chi connectivity index (χ1) is 8.24. The van der Waals surface area contributed by atoms with Gasteiger partial charge < -0.3 is 10.1 Å². The number of halogens is 1. The zero-order chi connectivity index (χ0) is 12.3. The summed E-state index contributed by atoms with van der Waals surface area (Å²) in [5.41, 5.74) is 1.95. The average Bonchev–Trinajstić information content (AvgIpc) is 2.39. The molecule has 0 amide bonds. The molecule has 1 aromatic rings. The summed E-state index contributed by atoms with van der Waals surface area (Å²) < 4.78 is 5.09. The second-order valence-corrected chi connectivity index (χ2v) is 3.99. The number of alkyl halides is 1. The Morgan fingerprint density at radius 1 is 1.29 bits per heavy atom. The van der Waals surface area contributed by atoms with Gasteiger partial charge in [-0.2, -0.15) is 5.26 Å². The fraction of sp³-hybridized carbons (Fsp3) is 0.154. The van der Waals surface area contributed by atoms with Crippen molar-refractivity contribution in [2.75, 3.05) is 7.11 Å². The molecule has 2 rings (SSSR count). The van der Waals surface area contributed by atoms with Crippen LogP contribution >= 0.6 is 11.6 Å². The van der Waals surface area contributed by atoms with E-state index < -0.39 is 5.50 Å². The third-order valence-corrected chi connectivity index (χ3v) is 2.86. The third-order valence-electron chi connectivity index (χ3n) is 2.51. The molecule has 0 radical (unpaired) electrons. The summed E-state index contributed by atoms with van der Waals surface area (Å²) in [6.07, 6.45) is 3.58. The summed E-state index contributed by atoms with van der Waals surface area (Å²) >= 11 is 6.02. The van der Waals surface area contributed by atoms with Crippen LogP contribution in [0.15, 0.2) is 42.0 Å². The molecule has 1 heterocycles. The van der Waals surface area contributed by atoms with Crippen LogP contribution in [0.4, 0.5) is 0 Å². The van der Waals surface area contributed by atoms with Crippen molar-refractivity contribution in [1.82, 2.24) is 5.32 Å². The molecule has 3 nitrogen and oxygen atoms in total. The Morgan fingerprint density at radius 3 is 2.53 bits per heavy atom. The van der Waals surface area contributed by atoms with Gasteiger partial charge in [-0.25, -0.2) is 0 Å². The molecular formula is C13H11ClN2O. The maximum atomic E-state index is 8.80. The Bertz CT molecular complexity index is 511. The molecule has 86 valence electrons. The number of nitriles is 1. The second kappa shape index (κ2) is 4.94. The Hall–Kier alpha value is -1.92. The summed E-state index contributed by atoms with van der Waals surface area (Å²) in [4.78, 5) is 0. The van der Waals surface area contributed by atoms with Gasteiger partial charge in [-0.15, -0.1) is 0 Å². The number of nitrogens with one attached hydrogen (secondary N) is 1. The van der Waals surface area contributed by atoms with Crippen LogP contribution in [-0.4, -0.2) is 12.6 Å². The monoisotopic (exact) mass is 246 g/mol. The molecule has 0 aromatic heterocycles. The molecule has 1 N–H and O–H groups in total. The van der Waals surface area contributed by atoms with Crippen LogP contribution in [0.2, 0.25) is 0 Å². The highest BCUT2D eigenvalue weighted by Crippen LogP contribution is 2.22. The van der Waals surface area contributed by atoms with Gasteiger partial charge in [-0.05, 0) is 42.0 Å². The number of nitrogens with zero attached hydrogens (tertiary/aromatic N) is 1. The number of benzene rings is 1. The second-order valence-electron chi connectivity index (χ2n) is 3.55. The SMILES string of the molecule is COc1ccc(C2=CC=C(C#N)C(Cl)N2)cc1. The lowest BCUT2D eigenvalue weighted by Crippen LogP contribution is -2.26. The van der Waals surface area contributed by atoms with E-state index in [2.05, 4.69) is 5.32 Å². The first-order valence-electron chi connectivity index (χ1n) is 5.11. The zero-order valence-corrected chi connectivity index (χ0v) is 10.0. The van der Waals surface area contributed by atoms with Crippen LogP contribution in [0.25, 0.3) is 5.70 Å². The number of methoxy groups -OCH3 is 1. The molecule has 0 fully saturated rings. The topological polar surface area (TPSA) is 45.0 Å². The Balaban J connectivity index is 2.27. The average molecular weight is 247 g/mol. The number of allylic oxidation sites excluding steroid dienone is 2. The van der Waals surface area contributed by atoms with Gasteiger partial charge in [0.25, 0.3) is 0 Å². The van der Waals surface area contributed by atoms with E-state index in [1.807, 2.05) is 36.4 Å². The van der Waals surface area contributed by atoms with Crippen molar-refractivity contribution in [1.29, 1.82) is 5.26 Å². The van der Waals surface area contributed by atoms with Gasteiger partial charge in [0.1, 0.15) is 11.3 Å². The van der Waals surface area contributed by atoms with Crippen molar-refractivity contribution in [2.24, 2.45) is 0 Å². The van der Waals surface area contributed by atoms with Gasteiger partial charge in [-0.1, -0.05) is 11.6 Å². The molecule has 1 unspecified atom stereocenters. The zero-order valence-electron chi connectivity index (χ0n) is 9.27. The van der Waals surface area contributed by atoms with Crippen LogP contribution in [0.5, 0.6) is 5.75 Å². The molecule has 17 heavy (non-hydrogen) atoms. The van der Waals surface area contributed by atoms with Crippen molar-refractivity contribution in [2.45, 2.75) is 5.50 Å². The van der Waals surface area contributed by atoms with Crippen molar-refractivity contribution in [3.05, 3.63) is 47.6 Å². The first-order valence-corrected chi connectivity index (χ1v) is 5.55. The molecule has 0 aliphatic carbocycles. The molecular weight excluding hydrogens is 236 g/mol. The number of hydrogen-bond donors (Lipinski definition) is 1. The largest absolute Gasteiger partial charge is 0.497 e. The van der Waals surface area contributed by atoms with Gasteiger partial charge in [0.05, 0.1) is 18.8 Å². The fourth-order valence-corrected chi connectivity index (χ4v) is 1.80. The smallest absolute Gasteiger partial charge is 0.137 e. The minimum Gasteiger partial charge on any atom is -0.497 e. The van der Waals surface area contributed by atoms with Crippen LogP contribution < -0.4 is 10.1 Å². The van der Waals surface area contributed by atoms with Crippen LogP contribution in [0.3, 0.4) is 0 Å². The quantitative estimate of drug-likeness (QED) is 0.645. The molecule has 1 aromatic carbocycles. The molecule has 0 spiro atoms. The Labute approximate surface area is 105 Å². The van der Waals surface area contributed by atoms with Crippen molar-refractivity contribution in [3.8, 4) is 11.8 Å². The highest BCUT2D eigenvalue weighted by molar-refractivity contribution is 6.23. The normalized spacial score (nSPS) is 18.5. The molecule has 1 aliphatic heterocycles. The highest BCUT2D eigenvalue weighted by Gasteiger charge is 2.16. The summed E-state index contributed by atoms with van der Waals surface area (Å²) in [5, 5.41) is 11.9. The Kier molecular flexibility index (Phi) is 3.36. The predicted molar refractivity (Wildman–Crippen MR) is 67.4 cm³/mol. The molecule has 1 atom stereocenters. The minimum absolute atomic E-state index is 0.470. The van der Waals surface area contributed by atoms with Gasteiger partial charge in [0.15, 0.2) is 0 Å². The lowest BCUT2D eigenvalue weighted by atomic mass is 10.1. The van der Waals surface area contributed by atoms with E-state index in [4.69, 9.17) is 21.6 Å². The highest BCUT2D eigenvalue weighted by atomic mass is 35.5. The maximum absolute atomic E-state index is 8.80. The molecule has 0 bridgehead atoms. The van der Waals surface area contributed by atoms with Gasteiger partial charge in [0, 0.05) is 5.70 Å². The van der Waals surface area contributed by atoms with E-state index in [0.29, 0.717) is 5.57 Å². The number of dihydropyridines is 1. The van der Waals surface area contributed by atoms with Gasteiger partial charge >= 0.3 is 0 Å².